The Labute approximate surface area is 144 Å². The monoisotopic (exact) mass is 348 g/mol. The summed E-state index contributed by atoms with van der Waals surface area (Å²) < 4.78 is 14.9. The molecule has 8 nitrogen and oxygen atoms in total. The van der Waals surface area contributed by atoms with E-state index in [0.29, 0.717) is 13.2 Å². The molecule has 0 atom stereocenters. The predicted molar refractivity (Wildman–Crippen MR) is 90.7 cm³/mol. The van der Waals surface area contributed by atoms with Crippen LogP contribution in [0.4, 0.5) is 0 Å². The summed E-state index contributed by atoms with van der Waals surface area (Å²) in [5.74, 6) is -0.739. The molecule has 0 fully saturated rings. The van der Waals surface area contributed by atoms with Crippen molar-refractivity contribution in [2.75, 3.05) is 53.2 Å². The van der Waals surface area contributed by atoms with Gasteiger partial charge < -0.3 is 24.8 Å². The average molecular weight is 348 g/mol. The number of Topliss-reactive ketones (excluding diaryl/α,β-unsaturated/α-hetero) is 1. The third-order valence-electron chi connectivity index (χ3n) is 2.57. The summed E-state index contributed by atoms with van der Waals surface area (Å²) in [6.07, 6.45) is 0. The summed E-state index contributed by atoms with van der Waals surface area (Å²) in [5, 5.41) is 4.99. The van der Waals surface area contributed by atoms with Crippen molar-refractivity contribution < 1.29 is 28.6 Å². The SMILES string of the molecule is CC.COCCOCC(=O)NCC(=O)NCCOCC(=O)C(C)C. The zero-order chi connectivity index (χ0) is 18.8. The maximum absolute atomic E-state index is 11.4. The van der Waals surface area contributed by atoms with Gasteiger partial charge in [-0.1, -0.05) is 27.7 Å². The lowest BCUT2D eigenvalue weighted by Gasteiger charge is -2.08. The molecule has 24 heavy (non-hydrogen) atoms. The van der Waals surface area contributed by atoms with Crippen molar-refractivity contribution in [1.29, 1.82) is 0 Å². The Bertz CT molecular complexity index is 347. The van der Waals surface area contributed by atoms with E-state index in [1.165, 1.54) is 7.11 Å². The van der Waals surface area contributed by atoms with Gasteiger partial charge in [0.25, 0.3) is 0 Å². The summed E-state index contributed by atoms with van der Waals surface area (Å²) >= 11 is 0. The minimum absolute atomic E-state index is 0.0204. The Balaban J connectivity index is 0. The Kier molecular flexibility index (Phi) is 18.4. The number of amides is 2. The quantitative estimate of drug-likeness (QED) is 0.459. The molecule has 0 saturated heterocycles. The van der Waals surface area contributed by atoms with Crippen molar-refractivity contribution in [3.63, 3.8) is 0 Å². The van der Waals surface area contributed by atoms with E-state index in [1.54, 1.807) is 13.8 Å². The lowest BCUT2D eigenvalue weighted by Crippen LogP contribution is -2.39. The molecule has 0 aromatic rings. The first-order valence-corrected chi connectivity index (χ1v) is 8.18. The first-order valence-electron chi connectivity index (χ1n) is 8.18. The molecule has 0 heterocycles. The van der Waals surface area contributed by atoms with E-state index in [9.17, 15) is 14.4 Å². The lowest BCUT2D eigenvalue weighted by atomic mass is 10.1. The highest BCUT2D eigenvalue weighted by Crippen LogP contribution is 1.93. The fraction of sp³-hybridized carbons (Fsp3) is 0.812. The van der Waals surface area contributed by atoms with Gasteiger partial charge in [-0.05, 0) is 0 Å². The zero-order valence-corrected chi connectivity index (χ0v) is 15.5. The van der Waals surface area contributed by atoms with Gasteiger partial charge >= 0.3 is 0 Å². The molecule has 0 aliphatic carbocycles. The molecular weight excluding hydrogens is 316 g/mol. The number of carbonyl (C=O) groups excluding carboxylic acids is 3. The lowest BCUT2D eigenvalue weighted by molar-refractivity contribution is -0.129. The van der Waals surface area contributed by atoms with Crippen LogP contribution < -0.4 is 10.6 Å². The summed E-state index contributed by atoms with van der Waals surface area (Å²) in [6, 6.07) is 0. The first-order chi connectivity index (χ1) is 11.5. The molecule has 0 rings (SSSR count). The van der Waals surface area contributed by atoms with Crippen LogP contribution in [0.3, 0.4) is 0 Å². The average Bonchev–Trinajstić information content (AvgIpc) is 2.58. The summed E-state index contributed by atoms with van der Waals surface area (Å²) in [5.41, 5.74) is 0. The van der Waals surface area contributed by atoms with Gasteiger partial charge in [-0.25, -0.2) is 0 Å². The molecule has 0 aromatic heterocycles. The zero-order valence-electron chi connectivity index (χ0n) is 15.5. The second-order valence-corrected chi connectivity index (χ2v) is 4.85. The topological polar surface area (TPSA) is 103 Å². The van der Waals surface area contributed by atoms with Crippen LogP contribution in [0.25, 0.3) is 0 Å². The van der Waals surface area contributed by atoms with Gasteiger partial charge in [-0.15, -0.1) is 0 Å². The van der Waals surface area contributed by atoms with Gasteiger partial charge in [0.15, 0.2) is 5.78 Å². The fourth-order valence-electron chi connectivity index (χ4n) is 1.20. The number of carbonyl (C=O) groups is 3. The highest BCUT2D eigenvalue weighted by molar-refractivity contribution is 5.85. The number of nitrogens with one attached hydrogen (secondary N) is 2. The van der Waals surface area contributed by atoms with Crippen LogP contribution in [0.5, 0.6) is 0 Å². The standard InChI is InChI=1S/C14H26N2O6.C2H6/c1-11(2)12(17)9-21-5-4-15-13(18)8-16-14(19)10-22-7-6-20-3;1-2/h11H,4-10H2,1-3H3,(H,15,18)(H,16,19);1-2H3. The van der Waals surface area contributed by atoms with Gasteiger partial charge in [-0.3, -0.25) is 14.4 Å². The Morgan fingerprint density at radius 1 is 0.875 bits per heavy atom. The molecule has 0 spiro atoms. The molecule has 2 N–H and O–H groups in total. The second-order valence-electron chi connectivity index (χ2n) is 4.85. The molecule has 0 unspecified atom stereocenters. The van der Waals surface area contributed by atoms with Gasteiger partial charge in [0.2, 0.25) is 11.8 Å². The minimum atomic E-state index is -0.370. The molecule has 142 valence electrons. The van der Waals surface area contributed by atoms with E-state index in [0.717, 1.165) is 0 Å². The van der Waals surface area contributed by atoms with Crippen LogP contribution in [-0.2, 0) is 28.6 Å². The second kappa shape index (κ2) is 17.8. The maximum Gasteiger partial charge on any atom is 0.246 e. The van der Waals surface area contributed by atoms with Crippen LogP contribution in [0.1, 0.15) is 27.7 Å². The Hall–Kier alpha value is -1.51. The highest BCUT2D eigenvalue weighted by atomic mass is 16.5. The largest absolute Gasteiger partial charge is 0.382 e. The van der Waals surface area contributed by atoms with Gasteiger partial charge in [-0.2, -0.15) is 0 Å². The number of hydrogen-bond donors (Lipinski definition) is 2. The van der Waals surface area contributed by atoms with Crippen molar-refractivity contribution in [2.45, 2.75) is 27.7 Å². The number of ketones is 1. The normalized spacial score (nSPS) is 9.92. The van der Waals surface area contributed by atoms with Crippen molar-refractivity contribution in [1.82, 2.24) is 10.6 Å². The third kappa shape index (κ3) is 16.9. The summed E-state index contributed by atoms with van der Waals surface area (Å²) in [4.78, 5) is 34.0. The van der Waals surface area contributed by atoms with Crippen LogP contribution in [-0.4, -0.2) is 70.8 Å². The van der Waals surface area contributed by atoms with Crippen molar-refractivity contribution >= 4 is 17.6 Å². The van der Waals surface area contributed by atoms with E-state index in [-0.39, 0.29) is 56.4 Å². The number of ether oxygens (including phenoxy) is 3. The van der Waals surface area contributed by atoms with Crippen LogP contribution in [0, 0.1) is 5.92 Å². The molecule has 8 heteroatoms. The molecule has 0 aromatic carbocycles. The number of methoxy groups -OCH3 is 1. The van der Waals surface area contributed by atoms with Crippen LogP contribution in [0.15, 0.2) is 0 Å². The third-order valence-corrected chi connectivity index (χ3v) is 2.57. The van der Waals surface area contributed by atoms with Gasteiger partial charge in [0.05, 0.1) is 26.4 Å². The van der Waals surface area contributed by atoms with E-state index < -0.39 is 0 Å². The summed E-state index contributed by atoms with van der Waals surface area (Å²) in [7, 11) is 1.54. The molecule has 0 radical (unpaired) electrons. The van der Waals surface area contributed by atoms with E-state index in [1.807, 2.05) is 13.8 Å². The summed E-state index contributed by atoms with van der Waals surface area (Å²) in [6.45, 7) is 8.67. The Morgan fingerprint density at radius 2 is 1.50 bits per heavy atom. The molecule has 2 amide bonds. The van der Waals surface area contributed by atoms with Crippen LogP contribution in [0.2, 0.25) is 0 Å². The number of rotatable bonds is 13. The minimum Gasteiger partial charge on any atom is -0.382 e. The van der Waals surface area contributed by atoms with Crippen molar-refractivity contribution in [2.24, 2.45) is 5.92 Å². The van der Waals surface area contributed by atoms with Crippen LogP contribution >= 0.6 is 0 Å². The number of hydrogen-bond acceptors (Lipinski definition) is 6. The van der Waals surface area contributed by atoms with E-state index in [2.05, 4.69) is 10.6 Å². The fourth-order valence-corrected chi connectivity index (χ4v) is 1.20. The molecule has 0 bridgehead atoms. The molecule has 0 aliphatic rings. The van der Waals surface area contributed by atoms with Gasteiger partial charge in [0, 0.05) is 19.6 Å². The predicted octanol–water partition coefficient (Wildman–Crippen LogP) is 0.150. The van der Waals surface area contributed by atoms with Gasteiger partial charge in [0.1, 0.15) is 13.2 Å². The van der Waals surface area contributed by atoms with Crippen molar-refractivity contribution in [3.05, 3.63) is 0 Å². The molecule has 0 saturated carbocycles. The smallest absolute Gasteiger partial charge is 0.246 e. The molecular formula is C16H32N2O6. The maximum atomic E-state index is 11.4. The van der Waals surface area contributed by atoms with E-state index >= 15 is 0 Å². The molecule has 0 aliphatic heterocycles. The highest BCUT2D eigenvalue weighted by Gasteiger charge is 2.07. The van der Waals surface area contributed by atoms with Crippen molar-refractivity contribution in [3.8, 4) is 0 Å². The van der Waals surface area contributed by atoms with E-state index in [4.69, 9.17) is 14.2 Å². The first kappa shape index (κ1) is 24.7. The Morgan fingerprint density at radius 3 is 2.08 bits per heavy atom.